The van der Waals surface area contributed by atoms with Crippen LogP contribution in [-0.4, -0.2) is 30.7 Å². The van der Waals surface area contributed by atoms with E-state index in [0.717, 1.165) is 10.4 Å². The van der Waals surface area contributed by atoms with Crippen LogP contribution in [0.4, 0.5) is 5.69 Å². The Bertz CT molecular complexity index is 603. The Kier molecular flexibility index (Phi) is 4.70. The standard InChI is InChI=1S/C9H9ClN2O4S2/c1-3-5-11(4-2)18(15,16)8-6-7(12(13)14)9(10)17-8/h1,6H,4-5H2,2H3. The van der Waals surface area contributed by atoms with Crippen molar-refractivity contribution in [3.8, 4) is 12.3 Å². The second-order valence-electron chi connectivity index (χ2n) is 3.12. The molecular formula is C9H9ClN2O4S2. The smallest absolute Gasteiger partial charge is 0.258 e. The SMILES string of the molecule is C#CCN(CC)S(=O)(=O)c1cc([N+](=O)[O-])c(Cl)s1. The Morgan fingerprint density at radius 3 is 2.67 bits per heavy atom. The fourth-order valence-corrected chi connectivity index (χ4v) is 4.37. The molecule has 0 saturated heterocycles. The van der Waals surface area contributed by atoms with Crippen molar-refractivity contribution in [1.82, 2.24) is 4.31 Å². The highest BCUT2D eigenvalue weighted by molar-refractivity contribution is 7.91. The van der Waals surface area contributed by atoms with Crippen molar-refractivity contribution >= 4 is 38.6 Å². The second-order valence-corrected chi connectivity index (χ2v) is 6.94. The van der Waals surface area contributed by atoms with E-state index in [1.165, 1.54) is 0 Å². The molecule has 0 aliphatic rings. The molecule has 0 fully saturated rings. The van der Waals surface area contributed by atoms with Gasteiger partial charge in [-0.3, -0.25) is 10.1 Å². The first-order valence-electron chi connectivity index (χ1n) is 4.72. The highest BCUT2D eigenvalue weighted by Crippen LogP contribution is 2.37. The van der Waals surface area contributed by atoms with Crippen LogP contribution in [-0.2, 0) is 10.0 Å². The average molecular weight is 309 g/mol. The number of hydrogen-bond donors (Lipinski definition) is 0. The Hall–Kier alpha value is -1.14. The summed E-state index contributed by atoms with van der Waals surface area (Å²) in [7, 11) is -3.83. The third-order valence-electron chi connectivity index (χ3n) is 2.06. The maximum Gasteiger partial charge on any atom is 0.300 e. The van der Waals surface area contributed by atoms with Crippen molar-refractivity contribution in [3.63, 3.8) is 0 Å². The van der Waals surface area contributed by atoms with Crippen LogP contribution >= 0.6 is 22.9 Å². The van der Waals surface area contributed by atoms with Crippen molar-refractivity contribution in [2.24, 2.45) is 0 Å². The summed E-state index contributed by atoms with van der Waals surface area (Å²) in [4.78, 5) is 9.89. The maximum atomic E-state index is 12.1. The molecule has 0 saturated carbocycles. The third kappa shape index (κ3) is 2.81. The molecule has 0 radical (unpaired) electrons. The molecule has 0 aromatic carbocycles. The average Bonchev–Trinajstić information content (AvgIpc) is 2.68. The van der Waals surface area contributed by atoms with Crippen LogP contribution in [0.3, 0.4) is 0 Å². The van der Waals surface area contributed by atoms with Crippen LogP contribution in [0.1, 0.15) is 6.92 Å². The van der Waals surface area contributed by atoms with Gasteiger partial charge in [-0.25, -0.2) is 8.42 Å². The predicted octanol–water partition coefficient (Wildman–Crippen LogP) is 1.95. The number of terminal acetylenes is 1. The van der Waals surface area contributed by atoms with E-state index in [2.05, 4.69) is 5.92 Å². The van der Waals surface area contributed by atoms with E-state index in [1.807, 2.05) is 0 Å². The topological polar surface area (TPSA) is 80.5 Å². The van der Waals surface area contributed by atoms with Crippen molar-refractivity contribution in [1.29, 1.82) is 0 Å². The maximum absolute atomic E-state index is 12.1. The molecule has 0 amide bonds. The molecule has 18 heavy (non-hydrogen) atoms. The largest absolute Gasteiger partial charge is 0.300 e. The monoisotopic (exact) mass is 308 g/mol. The lowest BCUT2D eigenvalue weighted by atomic mass is 10.6. The molecule has 0 bridgehead atoms. The molecule has 0 aliphatic heterocycles. The minimum absolute atomic E-state index is 0.0951. The Morgan fingerprint density at radius 1 is 1.67 bits per heavy atom. The summed E-state index contributed by atoms with van der Waals surface area (Å²) in [5.74, 6) is 2.22. The van der Waals surface area contributed by atoms with Crippen molar-refractivity contribution in [2.75, 3.05) is 13.1 Å². The number of thiophene rings is 1. The molecule has 0 unspecified atom stereocenters. The van der Waals surface area contributed by atoms with Gasteiger partial charge < -0.3 is 0 Å². The van der Waals surface area contributed by atoms with Gasteiger partial charge in [0.1, 0.15) is 4.21 Å². The van der Waals surface area contributed by atoms with E-state index < -0.39 is 20.6 Å². The summed E-state index contributed by atoms with van der Waals surface area (Å²) in [6, 6.07) is 0.946. The number of halogens is 1. The molecule has 0 aliphatic carbocycles. The van der Waals surface area contributed by atoms with Crippen molar-refractivity contribution in [2.45, 2.75) is 11.1 Å². The Morgan fingerprint density at radius 2 is 2.28 bits per heavy atom. The third-order valence-corrected chi connectivity index (χ3v) is 5.77. The minimum Gasteiger partial charge on any atom is -0.258 e. The van der Waals surface area contributed by atoms with E-state index in [4.69, 9.17) is 18.0 Å². The van der Waals surface area contributed by atoms with Gasteiger partial charge in [-0.15, -0.1) is 17.8 Å². The first kappa shape index (κ1) is 14.9. The van der Waals surface area contributed by atoms with Gasteiger partial charge in [0.15, 0.2) is 4.34 Å². The van der Waals surface area contributed by atoms with E-state index in [1.54, 1.807) is 6.92 Å². The Balaban J connectivity index is 3.25. The van der Waals surface area contributed by atoms with Gasteiger partial charge in [-0.1, -0.05) is 24.4 Å². The Labute approximate surface area is 113 Å². The van der Waals surface area contributed by atoms with Crippen LogP contribution in [0.25, 0.3) is 0 Å². The molecule has 0 atom stereocenters. The van der Waals surface area contributed by atoms with Gasteiger partial charge in [-0.2, -0.15) is 4.31 Å². The normalized spacial score (nSPS) is 11.4. The fraction of sp³-hybridized carbons (Fsp3) is 0.333. The number of rotatable bonds is 5. The van der Waals surface area contributed by atoms with Crippen LogP contribution in [0, 0.1) is 22.5 Å². The predicted molar refractivity (Wildman–Crippen MR) is 69.2 cm³/mol. The molecule has 1 heterocycles. The first-order valence-corrected chi connectivity index (χ1v) is 7.35. The van der Waals surface area contributed by atoms with Crippen molar-refractivity contribution in [3.05, 3.63) is 20.5 Å². The fourth-order valence-electron chi connectivity index (χ4n) is 1.19. The number of nitro groups is 1. The van der Waals surface area contributed by atoms with Gasteiger partial charge in [0.2, 0.25) is 0 Å². The zero-order valence-electron chi connectivity index (χ0n) is 9.29. The van der Waals surface area contributed by atoms with Gasteiger partial charge in [0.05, 0.1) is 11.5 Å². The summed E-state index contributed by atoms with van der Waals surface area (Å²) in [5.41, 5.74) is -0.419. The summed E-state index contributed by atoms with van der Waals surface area (Å²) in [6.07, 6.45) is 5.08. The molecule has 9 heteroatoms. The molecule has 0 N–H and O–H groups in total. The molecule has 1 aromatic heterocycles. The molecule has 1 rings (SSSR count). The minimum atomic E-state index is -3.83. The molecule has 0 spiro atoms. The molecule has 6 nitrogen and oxygen atoms in total. The van der Waals surface area contributed by atoms with E-state index >= 15 is 0 Å². The van der Waals surface area contributed by atoms with Crippen molar-refractivity contribution < 1.29 is 13.3 Å². The summed E-state index contributed by atoms with van der Waals surface area (Å²) >= 11 is 6.27. The number of sulfonamides is 1. The summed E-state index contributed by atoms with van der Waals surface area (Å²) < 4.78 is 24.9. The highest BCUT2D eigenvalue weighted by Gasteiger charge is 2.29. The molecular weight excluding hydrogens is 300 g/mol. The van der Waals surface area contributed by atoms with Crippen LogP contribution in [0.5, 0.6) is 0 Å². The van der Waals surface area contributed by atoms with E-state index in [9.17, 15) is 18.5 Å². The van der Waals surface area contributed by atoms with Crippen LogP contribution < -0.4 is 0 Å². The second kappa shape index (κ2) is 5.67. The van der Waals surface area contributed by atoms with Crippen LogP contribution in [0.15, 0.2) is 10.3 Å². The zero-order chi connectivity index (χ0) is 13.9. The lowest BCUT2D eigenvalue weighted by molar-refractivity contribution is -0.384. The molecule has 98 valence electrons. The summed E-state index contributed by atoms with van der Waals surface area (Å²) in [6.45, 7) is 1.70. The number of nitrogens with zero attached hydrogens (tertiary/aromatic N) is 2. The van der Waals surface area contributed by atoms with Crippen LogP contribution in [0.2, 0.25) is 4.34 Å². The van der Waals surface area contributed by atoms with Gasteiger partial charge in [0.25, 0.3) is 15.7 Å². The lowest BCUT2D eigenvalue weighted by Gasteiger charge is -2.15. The lowest BCUT2D eigenvalue weighted by Crippen LogP contribution is -2.30. The van der Waals surface area contributed by atoms with Gasteiger partial charge >= 0.3 is 0 Å². The number of hydrogen-bond acceptors (Lipinski definition) is 5. The van der Waals surface area contributed by atoms with E-state index in [0.29, 0.717) is 11.3 Å². The quantitative estimate of drug-likeness (QED) is 0.473. The summed E-state index contributed by atoms with van der Waals surface area (Å²) in [5, 5.41) is 10.6. The first-order chi connectivity index (χ1) is 8.34. The highest BCUT2D eigenvalue weighted by atomic mass is 35.5. The van der Waals surface area contributed by atoms with E-state index in [-0.39, 0.29) is 21.6 Å². The molecule has 1 aromatic rings. The zero-order valence-corrected chi connectivity index (χ0v) is 11.7. The van der Waals surface area contributed by atoms with Gasteiger partial charge in [-0.05, 0) is 0 Å². The van der Waals surface area contributed by atoms with Gasteiger partial charge in [0, 0.05) is 12.6 Å².